The fraction of sp³-hybridized carbons (Fsp3) is 0.500. The predicted molar refractivity (Wildman–Crippen MR) is 60.2 cm³/mol. The molecule has 0 saturated heterocycles. The Morgan fingerprint density at radius 1 is 1.33 bits per heavy atom. The standard InChI is InChI=1S/C12H15F4NO/c1-7-4-11(18-6-12(14,15)16)9(5-10(7)13)8(2)17-3/h4-5,8,17H,6H2,1-3H3. The molecule has 6 heteroatoms. The Morgan fingerprint density at radius 2 is 1.94 bits per heavy atom. The van der Waals surface area contributed by atoms with Crippen LogP contribution < -0.4 is 10.1 Å². The maximum absolute atomic E-state index is 13.4. The van der Waals surface area contributed by atoms with Gasteiger partial charge >= 0.3 is 6.18 Å². The number of aryl methyl sites for hydroxylation is 1. The molecule has 102 valence electrons. The van der Waals surface area contributed by atoms with Crippen molar-refractivity contribution in [2.75, 3.05) is 13.7 Å². The van der Waals surface area contributed by atoms with Crippen LogP contribution in [-0.2, 0) is 0 Å². The van der Waals surface area contributed by atoms with Crippen molar-refractivity contribution in [3.8, 4) is 5.75 Å². The van der Waals surface area contributed by atoms with Crippen LogP contribution in [0.2, 0.25) is 0 Å². The molecule has 0 amide bonds. The molecule has 1 aromatic carbocycles. The van der Waals surface area contributed by atoms with Crippen molar-refractivity contribution >= 4 is 0 Å². The van der Waals surface area contributed by atoms with Crippen LogP contribution in [0.1, 0.15) is 24.1 Å². The lowest BCUT2D eigenvalue weighted by Gasteiger charge is -2.18. The SMILES string of the molecule is CNC(C)c1cc(F)c(C)cc1OCC(F)(F)F. The Labute approximate surface area is 103 Å². The molecule has 2 nitrogen and oxygen atoms in total. The molecule has 0 aromatic heterocycles. The van der Waals surface area contributed by atoms with Gasteiger partial charge in [0.15, 0.2) is 6.61 Å². The minimum atomic E-state index is -4.41. The third-order valence-corrected chi connectivity index (χ3v) is 2.58. The van der Waals surface area contributed by atoms with Gasteiger partial charge in [0.05, 0.1) is 0 Å². The van der Waals surface area contributed by atoms with Crippen molar-refractivity contribution in [2.24, 2.45) is 0 Å². The van der Waals surface area contributed by atoms with E-state index in [1.165, 1.54) is 19.1 Å². The van der Waals surface area contributed by atoms with E-state index in [1.807, 2.05) is 0 Å². The van der Waals surface area contributed by atoms with Gasteiger partial charge in [0.2, 0.25) is 0 Å². The Bertz CT molecular complexity index is 417. The Balaban J connectivity index is 3.04. The molecule has 0 bridgehead atoms. The zero-order valence-corrected chi connectivity index (χ0v) is 10.4. The molecular formula is C12H15F4NO. The van der Waals surface area contributed by atoms with E-state index in [-0.39, 0.29) is 17.4 Å². The molecule has 0 aliphatic carbocycles. The summed E-state index contributed by atoms with van der Waals surface area (Å²) in [6.45, 7) is 1.80. The molecule has 0 fully saturated rings. The number of halogens is 4. The van der Waals surface area contributed by atoms with Gasteiger partial charge in [-0.15, -0.1) is 0 Å². The van der Waals surface area contributed by atoms with Crippen LogP contribution in [0.15, 0.2) is 12.1 Å². The third-order valence-electron chi connectivity index (χ3n) is 2.58. The third kappa shape index (κ3) is 3.87. The number of hydrogen-bond donors (Lipinski definition) is 1. The zero-order valence-electron chi connectivity index (χ0n) is 10.4. The minimum Gasteiger partial charge on any atom is -0.484 e. The molecule has 0 heterocycles. The van der Waals surface area contributed by atoms with Crippen LogP contribution in [-0.4, -0.2) is 19.8 Å². The molecule has 18 heavy (non-hydrogen) atoms. The summed E-state index contributed by atoms with van der Waals surface area (Å²) < 4.78 is 54.5. The summed E-state index contributed by atoms with van der Waals surface area (Å²) in [5, 5.41) is 2.84. The second-order valence-corrected chi connectivity index (χ2v) is 4.05. The zero-order chi connectivity index (χ0) is 13.9. The predicted octanol–water partition coefficient (Wildman–Crippen LogP) is 3.36. The second kappa shape index (κ2) is 5.56. The molecule has 1 rings (SSSR count). The first kappa shape index (κ1) is 14.8. The monoisotopic (exact) mass is 265 g/mol. The maximum atomic E-state index is 13.4. The summed E-state index contributed by atoms with van der Waals surface area (Å²) in [5.41, 5.74) is 0.615. The molecule has 0 saturated carbocycles. The summed E-state index contributed by atoms with van der Waals surface area (Å²) in [6, 6.07) is 2.18. The van der Waals surface area contributed by atoms with E-state index in [2.05, 4.69) is 5.32 Å². The molecule has 1 aromatic rings. The van der Waals surface area contributed by atoms with Crippen LogP contribution in [0.25, 0.3) is 0 Å². The Hall–Kier alpha value is -1.30. The van der Waals surface area contributed by atoms with Crippen molar-refractivity contribution in [3.05, 3.63) is 29.1 Å². The van der Waals surface area contributed by atoms with Crippen LogP contribution in [0.3, 0.4) is 0 Å². The highest BCUT2D eigenvalue weighted by Gasteiger charge is 2.29. The highest BCUT2D eigenvalue weighted by Crippen LogP contribution is 2.29. The van der Waals surface area contributed by atoms with Crippen LogP contribution >= 0.6 is 0 Å². The first-order valence-corrected chi connectivity index (χ1v) is 5.41. The number of benzene rings is 1. The van der Waals surface area contributed by atoms with Gasteiger partial charge in [-0.1, -0.05) is 0 Å². The molecule has 0 aliphatic rings. The first-order chi connectivity index (χ1) is 8.24. The largest absolute Gasteiger partial charge is 0.484 e. The van der Waals surface area contributed by atoms with Crippen LogP contribution in [0, 0.1) is 12.7 Å². The fourth-order valence-electron chi connectivity index (χ4n) is 1.45. The smallest absolute Gasteiger partial charge is 0.422 e. The number of nitrogens with one attached hydrogen (secondary N) is 1. The Morgan fingerprint density at radius 3 is 2.44 bits per heavy atom. The lowest BCUT2D eigenvalue weighted by atomic mass is 10.0. The number of rotatable bonds is 4. The van der Waals surface area contributed by atoms with Crippen molar-refractivity contribution in [1.29, 1.82) is 0 Å². The molecule has 0 spiro atoms. The minimum absolute atomic E-state index is 0.0491. The van der Waals surface area contributed by atoms with E-state index in [0.717, 1.165) is 0 Å². The summed E-state index contributed by atoms with van der Waals surface area (Å²) in [7, 11) is 1.63. The average Bonchev–Trinajstić information content (AvgIpc) is 2.28. The van der Waals surface area contributed by atoms with E-state index in [4.69, 9.17) is 4.74 Å². The van der Waals surface area contributed by atoms with Gasteiger partial charge in [0.25, 0.3) is 0 Å². The fourth-order valence-corrected chi connectivity index (χ4v) is 1.45. The van der Waals surface area contributed by atoms with Crippen LogP contribution in [0.5, 0.6) is 5.75 Å². The molecule has 1 atom stereocenters. The van der Waals surface area contributed by atoms with Gasteiger partial charge < -0.3 is 10.1 Å². The van der Waals surface area contributed by atoms with Crippen molar-refractivity contribution in [2.45, 2.75) is 26.1 Å². The maximum Gasteiger partial charge on any atom is 0.422 e. The average molecular weight is 265 g/mol. The summed E-state index contributed by atoms with van der Waals surface area (Å²) in [4.78, 5) is 0. The van der Waals surface area contributed by atoms with E-state index < -0.39 is 18.6 Å². The van der Waals surface area contributed by atoms with E-state index in [9.17, 15) is 17.6 Å². The highest BCUT2D eigenvalue weighted by atomic mass is 19.4. The van der Waals surface area contributed by atoms with Gasteiger partial charge in [-0.3, -0.25) is 0 Å². The van der Waals surface area contributed by atoms with E-state index >= 15 is 0 Å². The quantitative estimate of drug-likeness (QED) is 0.843. The van der Waals surface area contributed by atoms with Crippen molar-refractivity contribution in [1.82, 2.24) is 5.32 Å². The topological polar surface area (TPSA) is 21.3 Å². The van der Waals surface area contributed by atoms with Gasteiger partial charge in [-0.25, -0.2) is 4.39 Å². The molecule has 0 aliphatic heterocycles. The van der Waals surface area contributed by atoms with Crippen LogP contribution in [0.4, 0.5) is 17.6 Å². The summed E-state index contributed by atoms with van der Waals surface area (Å²) >= 11 is 0. The van der Waals surface area contributed by atoms with Gasteiger partial charge in [-0.05, 0) is 38.6 Å². The second-order valence-electron chi connectivity index (χ2n) is 4.05. The molecule has 0 radical (unpaired) electrons. The number of ether oxygens (including phenoxy) is 1. The van der Waals surface area contributed by atoms with Gasteiger partial charge in [0.1, 0.15) is 11.6 Å². The number of hydrogen-bond acceptors (Lipinski definition) is 2. The summed E-state index contributed by atoms with van der Waals surface area (Å²) in [5.74, 6) is -0.417. The molecule has 1 unspecified atom stereocenters. The lowest BCUT2D eigenvalue weighted by molar-refractivity contribution is -0.153. The normalized spacial score (nSPS) is 13.5. The van der Waals surface area contributed by atoms with Gasteiger partial charge in [-0.2, -0.15) is 13.2 Å². The number of alkyl halides is 3. The van der Waals surface area contributed by atoms with Crippen molar-refractivity contribution in [3.63, 3.8) is 0 Å². The highest BCUT2D eigenvalue weighted by molar-refractivity contribution is 5.40. The summed E-state index contributed by atoms with van der Waals surface area (Å²) in [6.07, 6.45) is -4.41. The molecular weight excluding hydrogens is 250 g/mol. The Kier molecular flexibility index (Phi) is 4.56. The van der Waals surface area contributed by atoms with Crippen molar-refractivity contribution < 1.29 is 22.3 Å². The molecule has 1 N–H and O–H groups in total. The van der Waals surface area contributed by atoms with E-state index in [0.29, 0.717) is 5.56 Å². The van der Waals surface area contributed by atoms with Gasteiger partial charge in [0, 0.05) is 11.6 Å². The first-order valence-electron chi connectivity index (χ1n) is 5.41. The lowest BCUT2D eigenvalue weighted by Crippen LogP contribution is -2.21. The van der Waals surface area contributed by atoms with E-state index in [1.54, 1.807) is 14.0 Å².